The molecular weight excluding hydrogens is 727 g/mol. The zero-order valence-corrected chi connectivity index (χ0v) is 29.6. The monoisotopic (exact) mass is 762 g/mol. The molecule has 0 atom stereocenters. The van der Waals surface area contributed by atoms with Gasteiger partial charge in [-0.25, -0.2) is 9.59 Å². The fraction of sp³-hybridized carbons (Fsp3) is 0.0556. The Labute approximate surface area is 292 Å². The molecule has 13 heteroatoms. The molecule has 0 fully saturated rings. The molecule has 0 saturated carbocycles. The van der Waals surface area contributed by atoms with Crippen molar-refractivity contribution in [3.8, 4) is 11.8 Å². The van der Waals surface area contributed by atoms with Crippen LogP contribution >= 0.6 is 0 Å². The number of hydrogen-bond acceptors (Lipinski definition) is 6. The standard InChI is InChI=1S/2C17H14N4O2.2CH3.Sn/c2*18-17(23)21-20-15(11-6-2-1-3-7-11)10-13-12-8-4-5-9-14(12)19-16(13)22;;;/h2*1-10,19,22H,(H2,18,23);2*1H3;/b2*15-10-,21-20?;;;. The molecule has 2 radical (unpaired) electrons. The molecule has 0 saturated heterocycles. The number of primary amides is 2. The summed E-state index contributed by atoms with van der Waals surface area (Å²) in [4.78, 5) is 32.2. The number of amides is 4. The average molecular weight is 761 g/mol. The molecule has 2 aromatic heterocycles. The van der Waals surface area contributed by atoms with Gasteiger partial charge in [0.05, 0.1) is 11.4 Å². The van der Waals surface area contributed by atoms with E-state index in [1.54, 1.807) is 12.2 Å². The van der Waals surface area contributed by atoms with Gasteiger partial charge in [-0.1, -0.05) is 107 Å². The molecule has 0 unspecified atom stereocenters. The van der Waals surface area contributed by atoms with Gasteiger partial charge in [0.1, 0.15) is 0 Å². The second-order valence-electron chi connectivity index (χ2n) is 10.2. The number of benzene rings is 4. The quantitative estimate of drug-likeness (QED) is 0.0728. The zero-order valence-electron chi connectivity index (χ0n) is 26.7. The Bertz CT molecular complexity index is 2000. The summed E-state index contributed by atoms with van der Waals surface area (Å²) < 4.78 is 0. The first-order valence-electron chi connectivity index (χ1n) is 14.9. The van der Waals surface area contributed by atoms with E-state index in [9.17, 15) is 19.8 Å². The fourth-order valence-corrected chi connectivity index (χ4v) is 4.63. The number of aromatic amines is 2. The molecule has 4 amide bonds. The average Bonchev–Trinajstić information content (AvgIpc) is 3.60. The Morgan fingerprint density at radius 3 is 1.24 bits per heavy atom. The number of nitrogens with zero attached hydrogens (tertiary/aromatic N) is 4. The van der Waals surface area contributed by atoms with Gasteiger partial charge in [-0.05, 0) is 24.3 Å². The van der Waals surface area contributed by atoms with E-state index in [1.807, 2.05) is 109 Å². The number of azo groups is 2. The predicted molar refractivity (Wildman–Crippen MR) is 195 cm³/mol. The van der Waals surface area contributed by atoms with E-state index in [0.717, 1.165) is 32.9 Å². The number of para-hydroxylation sites is 2. The van der Waals surface area contributed by atoms with Gasteiger partial charge in [0.25, 0.3) is 0 Å². The molecule has 4 aromatic carbocycles. The zero-order chi connectivity index (χ0) is 35.2. The maximum absolute atomic E-state index is 10.9. The SMILES string of the molecule is NC(=O)N=N/C(=C\c1c(O)[nH]c2ccccc12)c1ccccc1.NC(=O)N=N/C(=C\c1c(O)[nH]c2ccccc12)c1ccccc1.[CH3][Sn][CH3]. The first-order valence-corrected chi connectivity index (χ1v) is 20.6. The van der Waals surface area contributed by atoms with E-state index in [0.29, 0.717) is 22.5 Å². The van der Waals surface area contributed by atoms with Crippen LogP contribution in [0.5, 0.6) is 11.8 Å². The van der Waals surface area contributed by atoms with Gasteiger partial charge in [0.2, 0.25) is 0 Å². The van der Waals surface area contributed by atoms with E-state index < -0.39 is 12.1 Å². The van der Waals surface area contributed by atoms with Crippen molar-refractivity contribution in [3.63, 3.8) is 0 Å². The summed E-state index contributed by atoms with van der Waals surface area (Å²) in [6.07, 6.45) is 3.33. The predicted octanol–water partition coefficient (Wildman–Crippen LogP) is 8.59. The van der Waals surface area contributed by atoms with Crippen molar-refractivity contribution in [2.45, 2.75) is 9.88 Å². The number of hydrogen-bond donors (Lipinski definition) is 6. The molecule has 0 bridgehead atoms. The Morgan fingerprint density at radius 1 is 0.571 bits per heavy atom. The van der Waals surface area contributed by atoms with Gasteiger partial charge in [0, 0.05) is 44.1 Å². The Morgan fingerprint density at radius 2 is 0.898 bits per heavy atom. The van der Waals surface area contributed by atoms with Crippen molar-refractivity contribution in [1.82, 2.24) is 9.97 Å². The molecule has 0 aliphatic carbocycles. The van der Waals surface area contributed by atoms with Crippen LogP contribution in [-0.4, -0.2) is 53.4 Å². The summed E-state index contributed by atoms with van der Waals surface area (Å²) in [6.45, 7) is 0. The van der Waals surface area contributed by atoms with E-state index in [4.69, 9.17) is 11.5 Å². The molecule has 12 nitrogen and oxygen atoms in total. The first-order chi connectivity index (χ1) is 23.7. The van der Waals surface area contributed by atoms with Crippen molar-refractivity contribution in [2.24, 2.45) is 31.9 Å². The molecular formula is C36H34N8O4Sn. The Kier molecular flexibility index (Phi) is 13.0. The molecule has 2 heterocycles. The summed E-state index contributed by atoms with van der Waals surface area (Å²) >= 11 is 0.230. The number of nitrogens with two attached hydrogens (primary N) is 2. The van der Waals surface area contributed by atoms with E-state index in [-0.39, 0.29) is 32.9 Å². The van der Waals surface area contributed by atoms with Crippen LogP contribution in [0.15, 0.2) is 130 Å². The van der Waals surface area contributed by atoms with Gasteiger partial charge >= 0.3 is 43.1 Å². The van der Waals surface area contributed by atoms with E-state index in [1.165, 1.54) is 0 Å². The number of aromatic hydroxyl groups is 2. The third-order valence-electron chi connectivity index (χ3n) is 6.66. The third kappa shape index (κ3) is 9.98. The third-order valence-corrected chi connectivity index (χ3v) is 6.66. The van der Waals surface area contributed by atoms with Crippen LogP contribution in [0.4, 0.5) is 9.59 Å². The van der Waals surface area contributed by atoms with Crippen LogP contribution in [0, 0.1) is 0 Å². The molecule has 246 valence electrons. The van der Waals surface area contributed by atoms with Gasteiger partial charge < -0.3 is 31.6 Å². The molecule has 6 rings (SSSR count). The number of urea groups is 2. The molecule has 49 heavy (non-hydrogen) atoms. The molecule has 6 aromatic rings. The van der Waals surface area contributed by atoms with E-state index >= 15 is 0 Å². The summed E-state index contributed by atoms with van der Waals surface area (Å²) in [5.74, 6) is 0.0443. The first kappa shape index (κ1) is 35.8. The van der Waals surface area contributed by atoms with Crippen LogP contribution < -0.4 is 11.5 Å². The number of carbonyl (C=O) groups excluding carboxylic acids is 2. The Balaban J connectivity index is 0.000000205. The molecule has 0 spiro atoms. The summed E-state index contributed by atoms with van der Waals surface area (Å²) in [7, 11) is 0. The molecule has 0 aliphatic rings. The molecule has 8 N–H and O–H groups in total. The van der Waals surface area contributed by atoms with Gasteiger partial charge in [-0.15, -0.1) is 10.2 Å². The van der Waals surface area contributed by atoms with Gasteiger partial charge in [-0.3, -0.25) is 0 Å². The number of nitrogens with one attached hydrogen (secondary N) is 2. The van der Waals surface area contributed by atoms with Crippen molar-refractivity contribution in [3.05, 3.63) is 131 Å². The minimum absolute atomic E-state index is 0.0221. The number of fused-ring (bicyclic) bond motifs is 2. The van der Waals surface area contributed by atoms with Crippen LogP contribution in [0.25, 0.3) is 45.4 Å². The van der Waals surface area contributed by atoms with Crippen molar-refractivity contribution >= 4 is 78.6 Å². The van der Waals surface area contributed by atoms with Crippen LogP contribution in [0.2, 0.25) is 9.88 Å². The van der Waals surface area contributed by atoms with Crippen LogP contribution in [0.1, 0.15) is 22.3 Å². The number of aromatic nitrogens is 2. The minimum atomic E-state index is -0.880. The second kappa shape index (κ2) is 17.8. The number of H-pyrrole nitrogens is 2. The summed E-state index contributed by atoms with van der Waals surface area (Å²) in [6, 6.07) is 31.7. The fourth-order valence-electron chi connectivity index (χ4n) is 4.63. The summed E-state index contributed by atoms with van der Waals surface area (Å²) in [5.41, 5.74) is 15.2. The second-order valence-corrected chi connectivity index (χ2v) is 13.1. The van der Waals surface area contributed by atoms with Gasteiger partial charge in [0.15, 0.2) is 11.8 Å². The summed E-state index contributed by atoms with van der Waals surface area (Å²) in [5, 5.41) is 36.6. The van der Waals surface area contributed by atoms with Crippen LogP contribution in [-0.2, 0) is 0 Å². The Hall–Kier alpha value is -6.02. The topological polar surface area (TPSA) is 208 Å². The van der Waals surface area contributed by atoms with Crippen molar-refractivity contribution in [1.29, 1.82) is 0 Å². The molecule has 0 aliphatic heterocycles. The van der Waals surface area contributed by atoms with Gasteiger partial charge in [-0.2, -0.15) is 0 Å². The van der Waals surface area contributed by atoms with E-state index in [2.05, 4.69) is 40.3 Å². The van der Waals surface area contributed by atoms with Crippen LogP contribution in [0.3, 0.4) is 0 Å². The number of rotatable bonds is 6. The number of carbonyl (C=O) groups is 2. The normalized spacial score (nSPS) is 11.7. The maximum atomic E-state index is 10.9. The van der Waals surface area contributed by atoms with Crippen molar-refractivity contribution < 1.29 is 19.8 Å². The van der Waals surface area contributed by atoms with Crippen molar-refractivity contribution in [2.75, 3.05) is 0 Å².